The van der Waals surface area contributed by atoms with E-state index in [9.17, 15) is 8.42 Å². The molecule has 0 aromatic carbocycles. The highest BCUT2D eigenvalue weighted by Crippen LogP contribution is 2.09. The molecule has 5 heteroatoms. The van der Waals surface area contributed by atoms with Crippen molar-refractivity contribution in [2.75, 3.05) is 5.75 Å². The lowest BCUT2D eigenvalue weighted by Crippen LogP contribution is -2.22. The molecule has 0 bridgehead atoms. The van der Waals surface area contributed by atoms with Crippen LogP contribution in [0.25, 0.3) is 0 Å². The van der Waals surface area contributed by atoms with Gasteiger partial charge in [0.15, 0.2) is 9.84 Å². The van der Waals surface area contributed by atoms with E-state index in [0.717, 1.165) is 5.69 Å². The van der Waals surface area contributed by atoms with Gasteiger partial charge in [0.1, 0.15) is 0 Å². The summed E-state index contributed by atoms with van der Waals surface area (Å²) in [7, 11) is -3.13. The number of hydrogen-bond donors (Lipinski definition) is 1. The zero-order chi connectivity index (χ0) is 12.2. The van der Waals surface area contributed by atoms with Crippen LogP contribution in [-0.4, -0.2) is 25.2 Å². The summed E-state index contributed by atoms with van der Waals surface area (Å²) >= 11 is 0. The maximum atomic E-state index is 11.5. The lowest BCUT2D eigenvalue weighted by atomic mass is 10.3. The third-order valence-electron chi connectivity index (χ3n) is 2.23. The van der Waals surface area contributed by atoms with Crippen molar-refractivity contribution in [1.29, 1.82) is 0 Å². The van der Waals surface area contributed by atoms with Gasteiger partial charge in [-0.2, -0.15) is 0 Å². The molecule has 0 atom stereocenters. The molecule has 0 amide bonds. The Balaban J connectivity index is 2.76. The van der Waals surface area contributed by atoms with Gasteiger partial charge in [-0.1, -0.05) is 20.8 Å². The Hall–Kier alpha value is -0.940. The third kappa shape index (κ3) is 3.57. The van der Waals surface area contributed by atoms with E-state index >= 15 is 0 Å². The first-order valence-electron chi connectivity index (χ1n) is 5.36. The molecule has 0 aliphatic heterocycles. The average molecular weight is 242 g/mol. The van der Waals surface area contributed by atoms with Crippen LogP contribution in [0.1, 0.15) is 26.5 Å². The number of nitrogens with one attached hydrogen (secondary N) is 1. The van der Waals surface area contributed by atoms with Crippen LogP contribution in [0.2, 0.25) is 0 Å². The van der Waals surface area contributed by atoms with Crippen LogP contribution < -0.4 is 5.32 Å². The Kier molecular flexibility index (Phi) is 4.44. The van der Waals surface area contributed by atoms with Gasteiger partial charge in [-0.3, -0.25) is 4.98 Å². The first-order valence-corrected chi connectivity index (χ1v) is 7.02. The minimum Gasteiger partial charge on any atom is -0.309 e. The summed E-state index contributed by atoms with van der Waals surface area (Å²) in [6, 6.07) is 3.75. The summed E-state index contributed by atoms with van der Waals surface area (Å²) in [5.74, 6) is 0.109. The molecule has 0 unspecified atom stereocenters. The number of nitrogens with zero attached hydrogens (tertiary/aromatic N) is 1. The van der Waals surface area contributed by atoms with Crippen molar-refractivity contribution < 1.29 is 8.42 Å². The van der Waals surface area contributed by atoms with Gasteiger partial charge in [0.25, 0.3) is 0 Å². The second kappa shape index (κ2) is 5.41. The van der Waals surface area contributed by atoms with E-state index in [1.807, 2.05) is 0 Å². The number of sulfone groups is 1. The molecule has 0 aliphatic carbocycles. The van der Waals surface area contributed by atoms with Gasteiger partial charge < -0.3 is 5.32 Å². The zero-order valence-electron chi connectivity index (χ0n) is 9.90. The SMILES string of the molecule is CCS(=O)(=O)c1ccc(CNC(C)C)nc1. The van der Waals surface area contributed by atoms with Crippen molar-refractivity contribution in [2.24, 2.45) is 0 Å². The first kappa shape index (κ1) is 13.1. The molecule has 1 aromatic rings. The first-order chi connectivity index (χ1) is 7.45. The molecule has 1 rings (SSSR count). The summed E-state index contributed by atoms with van der Waals surface area (Å²) in [6.45, 7) is 6.39. The van der Waals surface area contributed by atoms with Crippen LogP contribution in [0.5, 0.6) is 0 Å². The fraction of sp³-hybridized carbons (Fsp3) is 0.545. The van der Waals surface area contributed by atoms with Crippen LogP contribution >= 0.6 is 0 Å². The van der Waals surface area contributed by atoms with Crippen LogP contribution in [0, 0.1) is 0 Å². The second-order valence-electron chi connectivity index (χ2n) is 3.92. The number of aromatic nitrogens is 1. The van der Waals surface area contributed by atoms with E-state index in [-0.39, 0.29) is 5.75 Å². The smallest absolute Gasteiger partial charge is 0.179 e. The molecule has 0 spiro atoms. The Morgan fingerprint density at radius 3 is 2.50 bits per heavy atom. The molecule has 4 nitrogen and oxygen atoms in total. The topological polar surface area (TPSA) is 59.1 Å². The van der Waals surface area contributed by atoms with Gasteiger partial charge in [-0.15, -0.1) is 0 Å². The molecule has 90 valence electrons. The van der Waals surface area contributed by atoms with Crippen LogP contribution in [0.4, 0.5) is 0 Å². The van der Waals surface area contributed by atoms with Crippen molar-refractivity contribution >= 4 is 9.84 Å². The minimum atomic E-state index is -3.13. The normalized spacial score (nSPS) is 12.0. The lowest BCUT2D eigenvalue weighted by molar-refractivity contribution is 0.579. The van der Waals surface area contributed by atoms with E-state index in [4.69, 9.17) is 0 Å². The Morgan fingerprint density at radius 1 is 1.38 bits per heavy atom. The van der Waals surface area contributed by atoms with Crippen molar-refractivity contribution in [3.63, 3.8) is 0 Å². The van der Waals surface area contributed by atoms with Crippen molar-refractivity contribution in [3.05, 3.63) is 24.0 Å². The molecule has 0 fully saturated rings. The largest absolute Gasteiger partial charge is 0.309 e. The highest BCUT2D eigenvalue weighted by atomic mass is 32.2. The molecular weight excluding hydrogens is 224 g/mol. The standard InChI is InChI=1S/C11H18N2O2S/c1-4-16(14,15)11-6-5-10(13-8-11)7-12-9(2)3/h5-6,8-9,12H,4,7H2,1-3H3. The highest BCUT2D eigenvalue weighted by molar-refractivity contribution is 7.91. The predicted molar refractivity (Wildman–Crippen MR) is 63.9 cm³/mol. The molecule has 16 heavy (non-hydrogen) atoms. The van der Waals surface area contributed by atoms with E-state index < -0.39 is 9.84 Å². The number of hydrogen-bond acceptors (Lipinski definition) is 4. The van der Waals surface area contributed by atoms with Crippen LogP contribution in [0.15, 0.2) is 23.2 Å². The predicted octanol–water partition coefficient (Wildman–Crippen LogP) is 1.37. The maximum Gasteiger partial charge on any atom is 0.179 e. The molecule has 0 aliphatic rings. The van der Waals surface area contributed by atoms with Gasteiger partial charge in [0, 0.05) is 18.8 Å². The molecule has 1 N–H and O–H groups in total. The summed E-state index contributed by atoms with van der Waals surface area (Å²) in [4.78, 5) is 4.42. The van der Waals surface area contributed by atoms with Gasteiger partial charge in [-0.05, 0) is 12.1 Å². The molecule has 0 saturated heterocycles. The van der Waals surface area contributed by atoms with Crippen molar-refractivity contribution in [2.45, 2.75) is 38.3 Å². The average Bonchev–Trinajstić information content (AvgIpc) is 2.27. The fourth-order valence-electron chi connectivity index (χ4n) is 1.17. The number of rotatable bonds is 5. The summed E-state index contributed by atoms with van der Waals surface area (Å²) < 4.78 is 23.0. The second-order valence-corrected chi connectivity index (χ2v) is 6.20. The summed E-state index contributed by atoms with van der Waals surface area (Å²) in [5.41, 5.74) is 0.851. The number of pyridine rings is 1. The maximum absolute atomic E-state index is 11.5. The van der Waals surface area contributed by atoms with Gasteiger partial charge >= 0.3 is 0 Å². The van der Waals surface area contributed by atoms with Crippen molar-refractivity contribution in [3.8, 4) is 0 Å². The quantitative estimate of drug-likeness (QED) is 0.847. The fourth-order valence-corrected chi connectivity index (χ4v) is 2.00. The molecule has 0 radical (unpaired) electrons. The van der Waals surface area contributed by atoms with Crippen LogP contribution in [-0.2, 0) is 16.4 Å². The highest BCUT2D eigenvalue weighted by Gasteiger charge is 2.11. The molecular formula is C11H18N2O2S. The molecule has 0 saturated carbocycles. The monoisotopic (exact) mass is 242 g/mol. The van der Waals surface area contributed by atoms with Gasteiger partial charge in [0.05, 0.1) is 16.3 Å². The Labute approximate surface area is 97.0 Å². The van der Waals surface area contributed by atoms with E-state index in [0.29, 0.717) is 17.5 Å². The summed E-state index contributed by atoms with van der Waals surface area (Å²) in [5, 5.41) is 3.22. The summed E-state index contributed by atoms with van der Waals surface area (Å²) in [6.07, 6.45) is 1.43. The molecule has 1 heterocycles. The van der Waals surface area contributed by atoms with E-state index in [2.05, 4.69) is 24.1 Å². The van der Waals surface area contributed by atoms with Gasteiger partial charge in [0.2, 0.25) is 0 Å². The Morgan fingerprint density at radius 2 is 2.06 bits per heavy atom. The van der Waals surface area contributed by atoms with E-state index in [1.165, 1.54) is 6.20 Å². The third-order valence-corrected chi connectivity index (χ3v) is 3.95. The minimum absolute atomic E-state index is 0.109. The van der Waals surface area contributed by atoms with Crippen molar-refractivity contribution in [1.82, 2.24) is 10.3 Å². The van der Waals surface area contributed by atoms with Crippen LogP contribution in [0.3, 0.4) is 0 Å². The van der Waals surface area contributed by atoms with Gasteiger partial charge in [-0.25, -0.2) is 8.42 Å². The van der Waals surface area contributed by atoms with E-state index in [1.54, 1.807) is 19.1 Å². The Bertz CT molecular complexity index is 424. The zero-order valence-corrected chi connectivity index (χ0v) is 10.7. The lowest BCUT2D eigenvalue weighted by Gasteiger charge is -2.07. The molecule has 1 aromatic heterocycles.